The molecular weight excluding hydrogens is 238 g/mol. The highest BCUT2D eigenvalue weighted by Gasteiger charge is 2.40. The van der Waals surface area contributed by atoms with Gasteiger partial charge in [0, 0.05) is 4.47 Å². The van der Waals surface area contributed by atoms with Crippen LogP contribution in [-0.2, 0) is 6.42 Å². The molecule has 1 saturated carbocycles. The first-order valence-corrected chi connectivity index (χ1v) is 5.90. The van der Waals surface area contributed by atoms with E-state index in [1.165, 1.54) is 28.4 Å². The second-order valence-corrected chi connectivity index (χ2v) is 5.32. The van der Waals surface area contributed by atoms with Crippen molar-refractivity contribution in [1.82, 2.24) is 0 Å². The minimum absolute atomic E-state index is 0.439. The van der Waals surface area contributed by atoms with Crippen molar-refractivity contribution >= 4 is 15.9 Å². The van der Waals surface area contributed by atoms with Crippen LogP contribution in [0.15, 0.2) is 22.7 Å². The largest absolute Gasteiger partial charge is 0.330 e. The molecule has 0 saturated heterocycles. The lowest BCUT2D eigenvalue weighted by Crippen LogP contribution is -2.17. The molecule has 0 spiro atoms. The third-order valence-electron chi connectivity index (χ3n) is 3.21. The lowest BCUT2D eigenvalue weighted by molar-refractivity contribution is 0.521. The highest BCUT2D eigenvalue weighted by molar-refractivity contribution is 9.10. The quantitative estimate of drug-likeness (QED) is 0.881. The summed E-state index contributed by atoms with van der Waals surface area (Å²) >= 11 is 3.56. The Kier molecular flexibility index (Phi) is 2.67. The standard InChI is InChI=1S/C12H16BrN/c1-9-2-3-10(6-11(9)13)7-12(8-14)4-5-12/h2-3,6H,4-5,7-8,14H2,1H3. The van der Waals surface area contributed by atoms with Crippen LogP contribution >= 0.6 is 15.9 Å². The van der Waals surface area contributed by atoms with E-state index in [9.17, 15) is 0 Å². The highest BCUT2D eigenvalue weighted by Crippen LogP contribution is 2.47. The second-order valence-electron chi connectivity index (χ2n) is 4.46. The number of halogens is 1. The van der Waals surface area contributed by atoms with Crippen molar-refractivity contribution in [2.45, 2.75) is 26.2 Å². The molecule has 2 N–H and O–H groups in total. The van der Waals surface area contributed by atoms with Gasteiger partial charge in [-0.2, -0.15) is 0 Å². The molecule has 0 atom stereocenters. The summed E-state index contributed by atoms with van der Waals surface area (Å²) in [5.74, 6) is 0. The Bertz CT molecular complexity index is 342. The van der Waals surface area contributed by atoms with E-state index in [1.807, 2.05) is 0 Å². The minimum atomic E-state index is 0.439. The molecule has 1 aliphatic carbocycles. The summed E-state index contributed by atoms with van der Waals surface area (Å²) < 4.78 is 1.21. The summed E-state index contributed by atoms with van der Waals surface area (Å²) in [5, 5.41) is 0. The van der Waals surface area contributed by atoms with Gasteiger partial charge in [-0.25, -0.2) is 0 Å². The van der Waals surface area contributed by atoms with Gasteiger partial charge in [-0.1, -0.05) is 28.1 Å². The summed E-state index contributed by atoms with van der Waals surface area (Å²) in [6.45, 7) is 2.95. The highest BCUT2D eigenvalue weighted by atomic mass is 79.9. The van der Waals surface area contributed by atoms with E-state index in [2.05, 4.69) is 41.1 Å². The number of benzene rings is 1. The zero-order valence-electron chi connectivity index (χ0n) is 8.52. The smallest absolute Gasteiger partial charge is 0.0207 e. The Hall–Kier alpha value is -0.340. The van der Waals surface area contributed by atoms with Gasteiger partial charge >= 0.3 is 0 Å². The molecule has 0 amide bonds. The Morgan fingerprint density at radius 3 is 2.64 bits per heavy atom. The predicted molar refractivity (Wildman–Crippen MR) is 63.3 cm³/mol. The van der Waals surface area contributed by atoms with Crippen LogP contribution < -0.4 is 5.73 Å². The maximum absolute atomic E-state index is 5.77. The zero-order chi connectivity index (χ0) is 10.2. The Labute approximate surface area is 93.8 Å². The van der Waals surface area contributed by atoms with Gasteiger partial charge in [-0.05, 0) is 55.3 Å². The molecule has 0 aromatic heterocycles. The normalized spacial score (nSPS) is 18.2. The van der Waals surface area contributed by atoms with Gasteiger partial charge in [-0.3, -0.25) is 0 Å². The molecule has 1 aromatic rings. The minimum Gasteiger partial charge on any atom is -0.330 e. The van der Waals surface area contributed by atoms with Crippen LogP contribution in [0.25, 0.3) is 0 Å². The van der Waals surface area contributed by atoms with Crippen molar-refractivity contribution in [3.8, 4) is 0 Å². The van der Waals surface area contributed by atoms with Crippen molar-refractivity contribution < 1.29 is 0 Å². The molecule has 14 heavy (non-hydrogen) atoms. The molecule has 76 valence electrons. The fourth-order valence-corrected chi connectivity index (χ4v) is 2.24. The van der Waals surface area contributed by atoms with Crippen LogP contribution in [0.2, 0.25) is 0 Å². The molecule has 0 bridgehead atoms. The molecule has 0 aliphatic heterocycles. The van der Waals surface area contributed by atoms with Crippen LogP contribution in [0, 0.1) is 12.3 Å². The number of nitrogens with two attached hydrogens (primary N) is 1. The van der Waals surface area contributed by atoms with Crippen LogP contribution in [-0.4, -0.2) is 6.54 Å². The third kappa shape index (κ3) is 2.01. The van der Waals surface area contributed by atoms with Crippen LogP contribution in [0.3, 0.4) is 0 Å². The van der Waals surface area contributed by atoms with Gasteiger partial charge in [0.15, 0.2) is 0 Å². The number of hydrogen-bond acceptors (Lipinski definition) is 1. The van der Waals surface area contributed by atoms with E-state index in [0.29, 0.717) is 5.41 Å². The van der Waals surface area contributed by atoms with Crippen LogP contribution in [0.1, 0.15) is 24.0 Å². The summed E-state index contributed by atoms with van der Waals surface area (Å²) in [4.78, 5) is 0. The first-order chi connectivity index (χ1) is 6.65. The second kappa shape index (κ2) is 3.67. The van der Waals surface area contributed by atoms with E-state index < -0.39 is 0 Å². The van der Waals surface area contributed by atoms with Crippen molar-refractivity contribution in [1.29, 1.82) is 0 Å². The average Bonchev–Trinajstić information content (AvgIpc) is 2.93. The first-order valence-electron chi connectivity index (χ1n) is 5.10. The van der Waals surface area contributed by atoms with Crippen molar-refractivity contribution in [2.75, 3.05) is 6.54 Å². The SMILES string of the molecule is Cc1ccc(CC2(CN)CC2)cc1Br. The summed E-state index contributed by atoms with van der Waals surface area (Å²) in [7, 11) is 0. The maximum atomic E-state index is 5.77. The molecule has 2 heteroatoms. The number of rotatable bonds is 3. The molecule has 1 fully saturated rings. The maximum Gasteiger partial charge on any atom is 0.0207 e. The summed E-state index contributed by atoms with van der Waals surface area (Å²) in [6.07, 6.45) is 3.74. The third-order valence-corrected chi connectivity index (χ3v) is 4.06. The van der Waals surface area contributed by atoms with Gasteiger partial charge in [0.2, 0.25) is 0 Å². The Morgan fingerprint density at radius 2 is 2.14 bits per heavy atom. The van der Waals surface area contributed by atoms with Crippen molar-refractivity contribution in [3.05, 3.63) is 33.8 Å². The predicted octanol–water partition coefficient (Wildman–Crippen LogP) is 3.04. The molecule has 2 rings (SSSR count). The van der Waals surface area contributed by atoms with E-state index >= 15 is 0 Å². The fourth-order valence-electron chi connectivity index (χ4n) is 1.81. The van der Waals surface area contributed by atoms with Crippen LogP contribution in [0.5, 0.6) is 0 Å². The molecule has 1 aliphatic rings. The molecule has 1 aromatic carbocycles. The van der Waals surface area contributed by atoms with Gasteiger partial charge in [0.1, 0.15) is 0 Å². The lowest BCUT2D eigenvalue weighted by atomic mass is 9.96. The molecule has 0 radical (unpaired) electrons. The van der Waals surface area contributed by atoms with Gasteiger partial charge in [0.05, 0.1) is 0 Å². The molecule has 0 unspecified atom stereocenters. The van der Waals surface area contributed by atoms with E-state index in [0.717, 1.165) is 13.0 Å². The topological polar surface area (TPSA) is 26.0 Å². The molecular formula is C12H16BrN. The van der Waals surface area contributed by atoms with Crippen LogP contribution in [0.4, 0.5) is 0 Å². The number of hydrogen-bond donors (Lipinski definition) is 1. The molecule has 0 heterocycles. The van der Waals surface area contributed by atoms with Crippen molar-refractivity contribution in [3.63, 3.8) is 0 Å². The average molecular weight is 254 g/mol. The first kappa shape index (κ1) is 10.2. The monoisotopic (exact) mass is 253 g/mol. The molecule has 1 nitrogen and oxygen atoms in total. The number of aryl methyl sites for hydroxylation is 1. The van der Waals surface area contributed by atoms with Gasteiger partial charge < -0.3 is 5.73 Å². The van der Waals surface area contributed by atoms with E-state index in [-0.39, 0.29) is 0 Å². The van der Waals surface area contributed by atoms with Gasteiger partial charge in [0.25, 0.3) is 0 Å². The Balaban J connectivity index is 2.14. The summed E-state index contributed by atoms with van der Waals surface area (Å²) in [6, 6.07) is 6.62. The zero-order valence-corrected chi connectivity index (χ0v) is 10.1. The Morgan fingerprint density at radius 1 is 1.43 bits per heavy atom. The van der Waals surface area contributed by atoms with E-state index in [1.54, 1.807) is 0 Å². The lowest BCUT2D eigenvalue weighted by Gasteiger charge is -2.12. The fraction of sp³-hybridized carbons (Fsp3) is 0.500. The van der Waals surface area contributed by atoms with Gasteiger partial charge in [-0.15, -0.1) is 0 Å². The van der Waals surface area contributed by atoms with Crippen molar-refractivity contribution in [2.24, 2.45) is 11.1 Å². The van der Waals surface area contributed by atoms with E-state index in [4.69, 9.17) is 5.73 Å². The summed E-state index contributed by atoms with van der Waals surface area (Å²) in [5.41, 5.74) is 8.92.